The molecule has 0 aliphatic rings. The summed E-state index contributed by atoms with van der Waals surface area (Å²) in [5.74, 6) is -0.0576. The molecule has 12 heteroatoms. The molecule has 28 heavy (non-hydrogen) atoms. The summed E-state index contributed by atoms with van der Waals surface area (Å²) in [7, 11) is -1.12. The van der Waals surface area contributed by atoms with Gasteiger partial charge in [0.1, 0.15) is 17.2 Å². The second-order valence-corrected chi connectivity index (χ2v) is 7.26. The minimum atomic E-state index is -3.92. The van der Waals surface area contributed by atoms with E-state index in [0.29, 0.717) is 11.3 Å². The Kier molecular flexibility index (Phi) is 7.21. The summed E-state index contributed by atoms with van der Waals surface area (Å²) in [6.45, 7) is -2.99. The second-order valence-electron chi connectivity index (χ2n) is 5.35. The number of rotatable bonds is 7. The molecule has 1 aromatic carbocycles. The monoisotopic (exact) mass is 422 g/mol. The number of alkyl halides is 2. The number of sulfone groups is 1. The van der Waals surface area contributed by atoms with E-state index in [4.69, 9.17) is 9.47 Å². The SMILES string of the molecule is COc1ccnc(CS(=O)(=O)c2nc3ccc(OC(F)F)cc3[nH]2)c1OC.[Na]. The van der Waals surface area contributed by atoms with Crippen molar-refractivity contribution in [2.24, 2.45) is 0 Å². The number of H-pyrrole nitrogens is 1. The fourth-order valence-corrected chi connectivity index (χ4v) is 3.70. The van der Waals surface area contributed by atoms with Crippen LogP contribution in [0.5, 0.6) is 17.2 Å². The third-order valence-corrected chi connectivity index (χ3v) is 5.08. The average Bonchev–Trinajstić information content (AvgIpc) is 3.05. The third-order valence-electron chi connectivity index (χ3n) is 3.64. The molecule has 1 radical (unpaired) electrons. The number of hydrogen-bond donors (Lipinski definition) is 1. The van der Waals surface area contributed by atoms with Crippen LogP contribution in [-0.2, 0) is 15.6 Å². The van der Waals surface area contributed by atoms with E-state index in [1.165, 1.54) is 38.6 Å². The minimum Gasteiger partial charge on any atom is -0.493 e. The van der Waals surface area contributed by atoms with E-state index in [1.807, 2.05) is 0 Å². The predicted molar refractivity (Wildman–Crippen MR) is 96.7 cm³/mol. The van der Waals surface area contributed by atoms with Crippen molar-refractivity contribution in [2.45, 2.75) is 17.5 Å². The normalized spacial score (nSPS) is 11.3. The van der Waals surface area contributed by atoms with Crippen LogP contribution in [0.1, 0.15) is 5.69 Å². The Balaban J connectivity index is 0.00000280. The van der Waals surface area contributed by atoms with E-state index < -0.39 is 22.2 Å². The van der Waals surface area contributed by atoms with E-state index >= 15 is 0 Å². The van der Waals surface area contributed by atoms with Crippen LogP contribution in [0.25, 0.3) is 11.0 Å². The fourth-order valence-electron chi connectivity index (χ4n) is 2.49. The molecule has 0 fully saturated rings. The number of fused-ring (bicyclic) bond motifs is 1. The number of nitrogens with zero attached hydrogens (tertiary/aromatic N) is 2. The van der Waals surface area contributed by atoms with Crippen LogP contribution in [-0.4, -0.2) is 73.8 Å². The van der Waals surface area contributed by atoms with Gasteiger partial charge in [-0.15, -0.1) is 0 Å². The molecule has 0 aliphatic heterocycles. The van der Waals surface area contributed by atoms with E-state index in [0.717, 1.165) is 0 Å². The zero-order valence-electron chi connectivity index (χ0n) is 15.3. The van der Waals surface area contributed by atoms with Gasteiger partial charge in [-0.1, -0.05) is 0 Å². The van der Waals surface area contributed by atoms with Crippen molar-refractivity contribution in [1.29, 1.82) is 0 Å². The molecule has 8 nitrogen and oxygen atoms in total. The molecule has 0 atom stereocenters. The smallest absolute Gasteiger partial charge is 0.387 e. The Bertz CT molecular complexity index is 1080. The molecule has 2 aromatic heterocycles. The summed E-state index contributed by atoms with van der Waals surface area (Å²) in [5, 5.41) is -0.321. The molecule has 0 bridgehead atoms. The van der Waals surface area contributed by atoms with Gasteiger partial charge in [0, 0.05) is 47.9 Å². The standard InChI is InChI=1S/C16H15F2N3O5S.Na/c1-24-13-5-6-19-12(14(13)25-2)8-27(22,23)16-20-10-4-3-9(26-15(17)18)7-11(10)21-16;/h3-7,15H,8H2,1-2H3,(H,20,21);. The van der Waals surface area contributed by atoms with Crippen LogP contribution in [0.15, 0.2) is 35.6 Å². The van der Waals surface area contributed by atoms with Crippen LogP contribution in [0.3, 0.4) is 0 Å². The molecule has 145 valence electrons. The van der Waals surface area contributed by atoms with Gasteiger partial charge < -0.3 is 19.2 Å². The van der Waals surface area contributed by atoms with Gasteiger partial charge in [0.05, 0.1) is 25.3 Å². The van der Waals surface area contributed by atoms with E-state index in [9.17, 15) is 17.2 Å². The number of ether oxygens (including phenoxy) is 3. The van der Waals surface area contributed by atoms with Crippen molar-refractivity contribution >= 4 is 50.4 Å². The molecular formula is C16H15F2N3NaO5S. The van der Waals surface area contributed by atoms with E-state index in [1.54, 1.807) is 6.07 Å². The van der Waals surface area contributed by atoms with Crippen LogP contribution in [0.4, 0.5) is 8.78 Å². The first-order valence-electron chi connectivity index (χ1n) is 7.57. The number of halogens is 2. The summed E-state index contributed by atoms with van der Waals surface area (Å²) >= 11 is 0. The number of methoxy groups -OCH3 is 2. The fraction of sp³-hybridized carbons (Fsp3) is 0.250. The summed E-state index contributed by atoms with van der Waals surface area (Å²) in [5.41, 5.74) is 0.692. The Labute approximate surface area is 181 Å². The maximum atomic E-state index is 12.7. The van der Waals surface area contributed by atoms with Gasteiger partial charge in [0.2, 0.25) is 15.0 Å². The third kappa shape index (κ3) is 4.72. The predicted octanol–water partition coefficient (Wildman–Crippen LogP) is 2.17. The quantitative estimate of drug-likeness (QED) is 0.582. The van der Waals surface area contributed by atoms with Gasteiger partial charge >= 0.3 is 6.61 Å². The number of imidazole rings is 1. The van der Waals surface area contributed by atoms with Crippen molar-refractivity contribution in [2.75, 3.05) is 14.2 Å². The Morgan fingerprint density at radius 2 is 1.93 bits per heavy atom. The maximum Gasteiger partial charge on any atom is 0.387 e. The molecule has 0 saturated carbocycles. The van der Waals surface area contributed by atoms with Gasteiger partial charge in [-0.3, -0.25) is 4.98 Å². The Hall–Kier alpha value is -1.95. The topological polar surface area (TPSA) is 103 Å². The number of aromatic amines is 1. The molecule has 1 N–H and O–H groups in total. The Morgan fingerprint density at radius 1 is 1.18 bits per heavy atom. The van der Waals surface area contributed by atoms with Crippen LogP contribution in [0.2, 0.25) is 0 Å². The molecule has 0 aliphatic carbocycles. The summed E-state index contributed by atoms with van der Waals surface area (Å²) in [6.07, 6.45) is 1.40. The number of benzene rings is 1. The van der Waals surface area contributed by atoms with E-state index in [-0.39, 0.29) is 57.4 Å². The number of pyridine rings is 1. The van der Waals surface area contributed by atoms with Crippen LogP contribution in [0, 0.1) is 0 Å². The first-order valence-corrected chi connectivity index (χ1v) is 9.22. The summed E-state index contributed by atoms with van der Waals surface area (Å²) in [4.78, 5) is 10.7. The molecule has 3 rings (SSSR count). The second kappa shape index (κ2) is 9.03. The van der Waals surface area contributed by atoms with Gasteiger partial charge in [-0.25, -0.2) is 13.4 Å². The van der Waals surface area contributed by atoms with Crippen molar-refractivity contribution in [3.63, 3.8) is 0 Å². The van der Waals surface area contributed by atoms with Gasteiger partial charge in [-0.05, 0) is 12.1 Å². The number of nitrogens with one attached hydrogen (secondary N) is 1. The molecule has 0 unspecified atom stereocenters. The summed E-state index contributed by atoms with van der Waals surface area (Å²) < 4.78 is 64.7. The molecule has 2 heterocycles. The Morgan fingerprint density at radius 3 is 2.57 bits per heavy atom. The van der Waals surface area contributed by atoms with Gasteiger partial charge in [0.15, 0.2) is 11.5 Å². The molecular weight excluding hydrogens is 407 g/mol. The van der Waals surface area contributed by atoms with Crippen molar-refractivity contribution in [3.8, 4) is 17.2 Å². The zero-order chi connectivity index (χ0) is 19.6. The summed E-state index contributed by atoms with van der Waals surface area (Å²) in [6, 6.07) is 5.45. The molecule has 0 amide bonds. The molecule has 0 saturated heterocycles. The van der Waals surface area contributed by atoms with Gasteiger partial charge in [0.25, 0.3) is 0 Å². The molecule has 0 spiro atoms. The number of hydrogen-bond acceptors (Lipinski definition) is 7. The average molecular weight is 422 g/mol. The first kappa shape index (κ1) is 22.3. The minimum absolute atomic E-state index is 0. The van der Waals surface area contributed by atoms with Crippen LogP contribution >= 0.6 is 0 Å². The zero-order valence-corrected chi connectivity index (χ0v) is 18.1. The van der Waals surface area contributed by atoms with Crippen molar-refractivity contribution in [1.82, 2.24) is 15.0 Å². The van der Waals surface area contributed by atoms with Crippen molar-refractivity contribution < 1.29 is 31.4 Å². The first-order chi connectivity index (χ1) is 12.8. The largest absolute Gasteiger partial charge is 0.493 e. The molecule has 3 aromatic rings. The number of aromatic nitrogens is 3. The van der Waals surface area contributed by atoms with E-state index in [2.05, 4.69) is 19.7 Å². The van der Waals surface area contributed by atoms with Crippen molar-refractivity contribution in [3.05, 3.63) is 36.2 Å². The van der Waals surface area contributed by atoms with Gasteiger partial charge in [-0.2, -0.15) is 8.78 Å². The van der Waals surface area contributed by atoms with Crippen LogP contribution < -0.4 is 14.2 Å². The maximum absolute atomic E-state index is 12.7.